The highest BCUT2D eigenvalue weighted by molar-refractivity contribution is 7.09. The molecule has 0 bridgehead atoms. The summed E-state index contributed by atoms with van der Waals surface area (Å²) in [6.07, 6.45) is 6.28. The van der Waals surface area contributed by atoms with Crippen LogP contribution in [0.2, 0.25) is 0 Å². The van der Waals surface area contributed by atoms with Gasteiger partial charge in [0.15, 0.2) is 0 Å². The number of anilines is 2. The number of nitrogens with zero attached hydrogens (tertiary/aromatic N) is 7. The lowest BCUT2D eigenvalue weighted by molar-refractivity contribution is 0.710. The van der Waals surface area contributed by atoms with E-state index in [4.69, 9.17) is 6.57 Å². The second-order valence-corrected chi connectivity index (χ2v) is 8.27. The van der Waals surface area contributed by atoms with Crippen molar-refractivity contribution in [2.75, 3.05) is 16.8 Å². The zero-order chi connectivity index (χ0) is 21.9. The van der Waals surface area contributed by atoms with Crippen LogP contribution in [0.4, 0.5) is 16.8 Å². The highest BCUT2D eigenvalue weighted by atomic mass is 32.1. The molecule has 158 valence electrons. The van der Waals surface area contributed by atoms with Crippen LogP contribution in [-0.4, -0.2) is 30.9 Å². The van der Waals surface area contributed by atoms with Gasteiger partial charge in [0.1, 0.15) is 0 Å². The molecule has 32 heavy (non-hydrogen) atoms. The molecule has 4 aromatic rings. The van der Waals surface area contributed by atoms with E-state index in [1.807, 2.05) is 37.4 Å². The number of aromatic nitrogens is 5. The molecule has 0 saturated carbocycles. The zero-order valence-electron chi connectivity index (χ0n) is 17.5. The Hall–Kier alpha value is -3.90. The van der Waals surface area contributed by atoms with Gasteiger partial charge in [0.2, 0.25) is 16.8 Å². The molecule has 5 heterocycles. The molecule has 1 aliphatic heterocycles. The first-order valence-electron chi connectivity index (χ1n) is 10.2. The molecular weight excluding hydrogens is 420 g/mol. The van der Waals surface area contributed by atoms with Gasteiger partial charge in [-0.15, -0.1) is 0 Å². The van der Waals surface area contributed by atoms with Crippen LogP contribution in [-0.2, 0) is 19.5 Å². The highest BCUT2D eigenvalue weighted by Crippen LogP contribution is 2.30. The first-order valence-corrected chi connectivity index (χ1v) is 11.0. The molecule has 0 radical (unpaired) electrons. The van der Waals surface area contributed by atoms with Crippen LogP contribution >= 0.6 is 11.5 Å². The molecule has 0 spiro atoms. The number of hydrogen-bond donors (Lipinski definition) is 1. The minimum absolute atomic E-state index is 0.494. The van der Waals surface area contributed by atoms with Crippen LogP contribution in [0.5, 0.6) is 0 Å². The van der Waals surface area contributed by atoms with Crippen LogP contribution in [0.3, 0.4) is 0 Å². The summed E-state index contributed by atoms with van der Waals surface area (Å²) in [5.74, 6) is 0.584. The van der Waals surface area contributed by atoms with Crippen molar-refractivity contribution in [1.29, 1.82) is 0 Å². The Morgan fingerprint density at radius 2 is 2.12 bits per heavy atom. The fraction of sp³-hybridized carbons (Fsp3) is 0.217. The largest absolute Gasteiger partial charge is 0.349 e. The third-order valence-corrected chi connectivity index (χ3v) is 6.09. The van der Waals surface area contributed by atoms with Crippen molar-refractivity contribution in [3.8, 4) is 11.3 Å². The summed E-state index contributed by atoms with van der Waals surface area (Å²) in [6, 6.07) is 9.76. The smallest absolute Gasteiger partial charge is 0.236 e. The van der Waals surface area contributed by atoms with Crippen molar-refractivity contribution < 1.29 is 0 Å². The number of aryl methyl sites for hydroxylation is 1. The average Bonchev–Trinajstić information content (AvgIpc) is 3.31. The van der Waals surface area contributed by atoms with Gasteiger partial charge in [0.05, 0.1) is 12.3 Å². The molecular formula is C23H20N8S. The Morgan fingerprint density at radius 1 is 1.19 bits per heavy atom. The number of nitrogens with one attached hydrogen (secondary N) is 1. The molecule has 0 atom stereocenters. The molecule has 1 N–H and O–H groups in total. The molecule has 9 heteroatoms. The lowest BCUT2D eigenvalue weighted by Crippen LogP contribution is -2.30. The van der Waals surface area contributed by atoms with Crippen LogP contribution < -0.4 is 10.2 Å². The van der Waals surface area contributed by atoms with Crippen LogP contribution in [0.25, 0.3) is 16.1 Å². The summed E-state index contributed by atoms with van der Waals surface area (Å²) >= 11 is 1.39. The Balaban J connectivity index is 1.27. The summed E-state index contributed by atoms with van der Waals surface area (Å²) < 4.78 is 4.45. The number of fused-ring (bicyclic) bond motifs is 1. The van der Waals surface area contributed by atoms with Crippen molar-refractivity contribution in [3.05, 3.63) is 82.9 Å². The lowest BCUT2D eigenvalue weighted by atomic mass is 10.1. The highest BCUT2D eigenvalue weighted by Gasteiger charge is 2.20. The van der Waals surface area contributed by atoms with E-state index in [9.17, 15) is 0 Å². The van der Waals surface area contributed by atoms with E-state index in [0.29, 0.717) is 23.9 Å². The van der Waals surface area contributed by atoms with E-state index in [2.05, 4.69) is 45.4 Å². The van der Waals surface area contributed by atoms with E-state index in [1.54, 1.807) is 12.4 Å². The van der Waals surface area contributed by atoms with Gasteiger partial charge in [-0.1, -0.05) is 6.07 Å². The first-order chi connectivity index (χ1) is 15.7. The molecule has 4 aromatic heterocycles. The average molecular weight is 441 g/mol. The monoisotopic (exact) mass is 440 g/mol. The minimum Gasteiger partial charge on any atom is -0.349 e. The molecule has 5 rings (SSSR count). The van der Waals surface area contributed by atoms with Gasteiger partial charge >= 0.3 is 0 Å². The number of rotatable bonds is 5. The molecule has 0 fully saturated rings. The number of hydrogen-bond acceptors (Lipinski definition) is 8. The van der Waals surface area contributed by atoms with Crippen LogP contribution in [0.1, 0.15) is 22.5 Å². The van der Waals surface area contributed by atoms with Gasteiger partial charge in [-0.2, -0.15) is 9.36 Å². The molecule has 0 unspecified atom stereocenters. The van der Waals surface area contributed by atoms with E-state index in [0.717, 1.165) is 41.5 Å². The predicted octanol–water partition coefficient (Wildman–Crippen LogP) is 4.42. The summed E-state index contributed by atoms with van der Waals surface area (Å²) in [4.78, 5) is 23.8. The maximum absolute atomic E-state index is 7.57. The summed E-state index contributed by atoms with van der Waals surface area (Å²) in [5, 5.41) is 4.15. The second-order valence-electron chi connectivity index (χ2n) is 7.54. The summed E-state index contributed by atoms with van der Waals surface area (Å²) in [6.45, 7) is 11.7. The van der Waals surface area contributed by atoms with Crippen molar-refractivity contribution in [1.82, 2.24) is 24.3 Å². The maximum atomic E-state index is 7.57. The topological polar surface area (TPSA) is 84.1 Å². The zero-order valence-corrected chi connectivity index (χ0v) is 18.3. The third-order valence-electron chi connectivity index (χ3n) is 5.32. The SMILES string of the molecule is [C-]#[N+]c1cc(CNc2nsc(N3CCc4ncccc4C3)n2)cnc1-c1ccnc(C)c1. The van der Waals surface area contributed by atoms with Gasteiger partial charge in [0.25, 0.3) is 0 Å². The summed E-state index contributed by atoms with van der Waals surface area (Å²) in [5.41, 5.74) is 6.29. The second kappa shape index (κ2) is 8.69. The Bertz CT molecular complexity index is 1310. The first kappa shape index (κ1) is 20.0. The van der Waals surface area contributed by atoms with E-state index < -0.39 is 0 Å². The molecule has 0 aromatic carbocycles. The Labute approximate surface area is 190 Å². The molecule has 0 aliphatic carbocycles. The molecule has 8 nitrogen and oxygen atoms in total. The van der Waals surface area contributed by atoms with Gasteiger partial charge in [-0.3, -0.25) is 15.0 Å². The Morgan fingerprint density at radius 3 is 3.00 bits per heavy atom. The Kier molecular flexibility index (Phi) is 5.44. The molecule has 0 saturated heterocycles. The van der Waals surface area contributed by atoms with E-state index in [-0.39, 0.29) is 0 Å². The van der Waals surface area contributed by atoms with Crippen molar-refractivity contribution >= 4 is 28.3 Å². The van der Waals surface area contributed by atoms with Crippen molar-refractivity contribution in [2.45, 2.75) is 26.4 Å². The molecule has 0 amide bonds. The minimum atomic E-state index is 0.494. The van der Waals surface area contributed by atoms with E-state index >= 15 is 0 Å². The molecule has 1 aliphatic rings. The quantitative estimate of drug-likeness (QED) is 0.460. The van der Waals surface area contributed by atoms with Gasteiger partial charge in [-0.05, 0) is 47.9 Å². The van der Waals surface area contributed by atoms with Gasteiger partial charge in [0, 0.05) is 67.6 Å². The standard InChI is InChI=1S/C23H20N8S/c1-15-10-17(5-8-25-15)21-20(24-2)11-16(12-27-21)13-28-22-29-23(32-30-22)31-9-6-19-18(14-31)4-3-7-26-19/h3-5,7-8,10-12H,6,9,13-14H2,1H3,(H,28,30). The van der Waals surface area contributed by atoms with Gasteiger partial charge in [-0.25, -0.2) is 4.85 Å². The lowest BCUT2D eigenvalue weighted by Gasteiger charge is -2.27. The predicted molar refractivity (Wildman–Crippen MR) is 125 cm³/mol. The van der Waals surface area contributed by atoms with Crippen molar-refractivity contribution in [2.24, 2.45) is 0 Å². The van der Waals surface area contributed by atoms with Crippen molar-refractivity contribution in [3.63, 3.8) is 0 Å². The fourth-order valence-electron chi connectivity index (χ4n) is 3.72. The van der Waals surface area contributed by atoms with E-state index in [1.165, 1.54) is 22.8 Å². The maximum Gasteiger partial charge on any atom is 0.236 e. The third kappa shape index (κ3) is 4.13. The number of pyridine rings is 3. The summed E-state index contributed by atoms with van der Waals surface area (Å²) in [7, 11) is 0. The van der Waals surface area contributed by atoms with Crippen LogP contribution in [0, 0.1) is 13.5 Å². The normalized spacial score (nSPS) is 12.8. The van der Waals surface area contributed by atoms with Crippen LogP contribution in [0.15, 0.2) is 48.9 Å². The fourth-order valence-corrected chi connectivity index (χ4v) is 4.39. The van der Waals surface area contributed by atoms with Gasteiger partial charge < -0.3 is 10.2 Å².